The second-order valence-corrected chi connectivity index (χ2v) is 3.40. The van der Waals surface area contributed by atoms with Gasteiger partial charge < -0.3 is 5.32 Å². The van der Waals surface area contributed by atoms with Gasteiger partial charge in [0.05, 0.1) is 12.4 Å². The second-order valence-electron chi connectivity index (χ2n) is 3.40. The van der Waals surface area contributed by atoms with Gasteiger partial charge in [0, 0.05) is 30.7 Å². The summed E-state index contributed by atoms with van der Waals surface area (Å²) in [6.07, 6.45) is 8.92. The minimum absolute atomic E-state index is 0.689. The second kappa shape index (κ2) is 3.65. The molecule has 0 radical (unpaired) electrons. The third kappa shape index (κ3) is 1.50. The first kappa shape index (κ1) is 8.90. The maximum absolute atomic E-state index is 4.28. The Morgan fingerprint density at radius 3 is 3.25 bits per heavy atom. The van der Waals surface area contributed by atoms with E-state index in [1.54, 1.807) is 23.1 Å². The van der Waals surface area contributed by atoms with Crippen molar-refractivity contribution >= 4 is 11.3 Å². The van der Waals surface area contributed by atoms with Crippen molar-refractivity contribution in [1.82, 2.24) is 24.8 Å². The van der Waals surface area contributed by atoms with Gasteiger partial charge in [-0.1, -0.05) is 0 Å². The van der Waals surface area contributed by atoms with Gasteiger partial charge in [0.1, 0.15) is 5.52 Å². The molecule has 2 N–H and O–H groups in total. The molecule has 0 saturated heterocycles. The van der Waals surface area contributed by atoms with E-state index in [4.69, 9.17) is 0 Å². The third-order valence-corrected chi connectivity index (χ3v) is 2.34. The highest BCUT2D eigenvalue weighted by Crippen LogP contribution is 2.13. The summed E-state index contributed by atoms with van der Waals surface area (Å²) in [7, 11) is 0. The minimum atomic E-state index is 0.689. The summed E-state index contributed by atoms with van der Waals surface area (Å²) < 4.78 is 1.78. The van der Waals surface area contributed by atoms with E-state index in [1.165, 1.54) is 0 Å². The molecule has 0 aliphatic rings. The first-order chi connectivity index (χ1) is 7.93. The zero-order chi connectivity index (χ0) is 10.8. The predicted molar refractivity (Wildman–Crippen MR) is 58.9 cm³/mol. The molecule has 3 aromatic heterocycles. The SMILES string of the molecule is c1cn2nccc2c(NCc2cn[nH]c2)n1. The van der Waals surface area contributed by atoms with Crippen LogP contribution in [-0.2, 0) is 6.54 Å². The van der Waals surface area contributed by atoms with E-state index in [2.05, 4.69) is 25.6 Å². The number of anilines is 1. The number of nitrogens with one attached hydrogen (secondary N) is 2. The Hall–Kier alpha value is -2.37. The van der Waals surface area contributed by atoms with E-state index in [9.17, 15) is 0 Å². The average Bonchev–Trinajstić information content (AvgIpc) is 2.97. The summed E-state index contributed by atoms with van der Waals surface area (Å²) in [5, 5.41) is 14.0. The van der Waals surface area contributed by atoms with E-state index < -0.39 is 0 Å². The zero-order valence-corrected chi connectivity index (χ0v) is 8.46. The number of H-pyrrole nitrogens is 1. The molecule has 3 aromatic rings. The number of hydrogen-bond acceptors (Lipinski definition) is 4. The van der Waals surface area contributed by atoms with E-state index in [0.717, 1.165) is 16.9 Å². The highest BCUT2D eigenvalue weighted by molar-refractivity contribution is 5.66. The van der Waals surface area contributed by atoms with Crippen molar-refractivity contribution in [3.63, 3.8) is 0 Å². The van der Waals surface area contributed by atoms with Crippen LogP contribution in [0.5, 0.6) is 0 Å². The first-order valence-electron chi connectivity index (χ1n) is 4.93. The van der Waals surface area contributed by atoms with Crippen LogP contribution in [0.4, 0.5) is 5.82 Å². The summed E-state index contributed by atoms with van der Waals surface area (Å²) in [6, 6.07) is 1.92. The third-order valence-electron chi connectivity index (χ3n) is 2.34. The summed E-state index contributed by atoms with van der Waals surface area (Å²) in [5.41, 5.74) is 2.05. The molecule has 3 rings (SSSR count). The molecule has 3 heterocycles. The molecule has 80 valence electrons. The normalized spacial score (nSPS) is 10.8. The summed E-state index contributed by atoms with van der Waals surface area (Å²) in [6.45, 7) is 0.689. The van der Waals surface area contributed by atoms with Crippen LogP contribution in [0.2, 0.25) is 0 Å². The zero-order valence-electron chi connectivity index (χ0n) is 8.46. The standard InChI is InChI=1S/C10H10N6/c1-2-15-16-4-3-11-10(9(1)16)12-5-8-6-13-14-7-8/h1-4,6-7H,5H2,(H,11,12)(H,13,14). The Morgan fingerprint density at radius 2 is 2.38 bits per heavy atom. The average molecular weight is 214 g/mol. The fourth-order valence-corrected chi connectivity index (χ4v) is 1.55. The van der Waals surface area contributed by atoms with Crippen LogP contribution in [0.1, 0.15) is 5.56 Å². The number of hydrogen-bond donors (Lipinski definition) is 2. The van der Waals surface area contributed by atoms with Gasteiger partial charge in [-0.05, 0) is 6.07 Å². The van der Waals surface area contributed by atoms with Gasteiger partial charge in [-0.15, -0.1) is 0 Å². The van der Waals surface area contributed by atoms with Crippen LogP contribution in [0.25, 0.3) is 5.52 Å². The van der Waals surface area contributed by atoms with Crippen molar-refractivity contribution in [2.75, 3.05) is 5.32 Å². The highest BCUT2D eigenvalue weighted by Gasteiger charge is 2.02. The highest BCUT2D eigenvalue weighted by atomic mass is 15.2. The summed E-state index contributed by atoms with van der Waals surface area (Å²) in [5.74, 6) is 0.821. The lowest BCUT2D eigenvalue weighted by atomic mass is 10.3. The Morgan fingerprint density at radius 1 is 1.38 bits per heavy atom. The lowest BCUT2D eigenvalue weighted by molar-refractivity contribution is 0.942. The lowest BCUT2D eigenvalue weighted by Crippen LogP contribution is -2.02. The Bertz CT molecular complexity index is 582. The van der Waals surface area contributed by atoms with Crippen LogP contribution < -0.4 is 5.32 Å². The van der Waals surface area contributed by atoms with Gasteiger partial charge in [-0.2, -0.15) is 10.2 Å². The van der Waals surface area contributed by atoms with Crippen LogP contribution in [0, 0.1) is 0 Å². The molecule has 0 spiro atoms. The number of aromatic amines is 1. The van der Waals surface area contributed by atoms with Gasteiger partial charge in [0.15, 0.2) is 5.82 Å². The summed E-state index contributed by atoms with van der Waals surface area (Å²) in [4.78, 5) is 4.28. The van der Waals surface area contributed by atoms with Crippen LogP contribution in [0.3, 0.4) is 0 Å². The lowest BCUT2D eigenvalue weighted by Gasteiger charge is -2.04. The maximum atomic E-state index is 4.28. The van der Waals surface area contributed by atoms with Crippen molar-refractivity contribution in [2.24, 2.45) is 0 Å². The van der Waals surface area contributed by atoms with Gasteiger partial charge in [0.2, 0.25) is 0 Å². The monoisotopic (exact) mass is 214 g/mol. The molecule has 0 saturated carbocycles. The van der Waals surface area contributed by atoms with E-state index in [1.807, 2.05) is 18.5 Å². The molecule has 0 aromatic carbocycles. The fraction of sp³-hybridized carbons (Fsp3) is 0.100. The van der Waals surface area contributed by atoms with Gasteiger partial charge in [-0.3, -0.25) is 5.10 Å². The van der Waals surface area contributed by atoms with Crippen LogP contribution in [-0.4, -0.2) is 24.8 Å². The van der Waals surface area contributed by atoms with Crippen molar-refractivity contribution in [3.8, 4) is 0 Å². The van der Waals surface area contributed by atoms with Crippen molar-refractivity contribution in [3.05, 3.63) is 42.6 Å². The van der Waals surface area contributed by atoms with E-state index in [-0.39, 0.29) is 0 Å². The van der Waals surface area contributed by atoms with Gasteiger partial charge in [-0.25, -0.2) is 9.50 Å². The van der Waals surface area contributed by atoms with Gasteiger partial charge >= 0.3 is 0 Å². The Labute approximate surface area is 91.3 Å². The number of fused-ring (bicyclic) bond motifs is 1. The fourth-order valence-electron chi connectivity index (χ4n) is 1.55. The molecule has 0 aliphatic heterocycles. The predicted octanol–water partition coefficient (Wildman–Crippen LogP) is 1.06. The largest absolute Gasteiger partial charge is 0.364 e. The molecular weight excluding hydrogens is 204 g/mol. The smallest absolute Gasteiger partial charge is 0.152 e. The van der Waals surface area contributed by atoms with Crippen molar-refractivity contribution in [2.45, 2.75) is 6.54 Å². The Kier molecular flexibility index (Phi) is 2.03. The van der Waals surface area contributed by atoms with E-state index in [0.29, 0.717) is 6.54 Å². The quantitative estimate of drug-likeness (QED) is 0.684. The molecule has 0 unspecified atom stereocenters. The topological polar surface area (TPSA) is 70.9 Å². The Balaban J connectivity index is 1.86. The summed E-state index contributed by atoms with van der Waals surface area (Å²) >= 11 is 0. The minimum Gasteiger partial charge on any atom is -0.364 e. The maximum Gasteiger partial charge on any atom is 0.152 e. The molecule has 6 nitrogen and oxygen atoms in total. The van der Waals surface area contributed by atoms with E-state index >= 15 is 0 Å². The van der Waals surface area contributed by atoms with Gasteiger partial charge in [0.25, 0.3) is 0 Å². The number of aromatic nitrogens is 5. The van der Waals surface area contributed by atoms with Crippen molar-refractivity contribution in [1.29, 1.82) is 0 Å². The number of nitrogens with zero attached hydrogens (tertiary/aromatic N) is 4. The molecular formula is C10H10N6. The molecule has 0 fully saturated rings. The molecule has 16 heavy (non-hydrogen) atoms. The van der Waals surface area contributed by atoms with Crippen molar-refractivity contribution < 1.29 is 0 Å². The molecule has 0 bridgehead atoms. The molecule has 0 atom stereocenters. The molecule has 0 amide bonds. The van der Waals surface area contributed by atoms with Crippen LogP contribution in [0.15, 0.2) is 37.1 Å². The number of rotatable bonds is 3. The first-order valence-corrected chi connectivity index (χ1v) is 4.93. The molecule has 6 heteroatoms. The van der Waals surface area contributed by atoms with Crippen LogP contribution >= 0.6 is 0 Å². The molecule has 0 aliphatic carbocycles.